The average molecular weight is 352 g/mol. The van der Waals surface area contributed by atoms with Crippen molar-refractivity contribution in [3.63, 3.8) is 0 Å². The van der Waals surface area contributed by atoms with Crippen molar-refractivity contribution in [2.45, 2.75) is 19.9 Å². The van der Waals surface area contributed by atoms with E-state index in [-0.39, 0.29) is 28.5 Å². The maximum atomic E-state index is 14.4. The van der Waals surface area contributed by atoms with Crippen molar-refractivity contribution in [1.82, 2.24) is 10.1 Å². The van der Waals surface area contributed by atoms with E-state index < -0.39 is 22.2 Å². The molecule has 1 unspecified atom stereocenters. The van der Waals surface area contributed by atoms with Crippen LogP contribution in [0.25, 0.3) is 11.4 Å². The van der Waals surface area contributed by atoms with Crippen LogP contribution in [0.2, 0.25) is 0 Å². The third kappa shape index (κ3) is 3.00. The number of aromatic amines is 1. The van der Waals surface area contributed by atoms with Crippen LogP contribution in [0.15, 0.2) is 21.5 Å². The number of nitro benzene ring substituents is 1. The summed E-state index contributed by atoms with van der Waals surface area (Å²) in [4.78, 5) is 25.7. The van der Waals surface area contributed by atoms with E-state index in [0.29, 0.717) is 13.2 Å². The molecule has 1 fully saturated rings. The van der Waals surface area contributed by atoms with E-state index >= 15 is 0 Å². The van der Waals surface area contributed by atoms with Crippen LogP contribution in [-0.4, -0.2) is 41.4 Å². The maximum Gasteiger partial charge on any atom is 0.439 e. The van der Waals surface area contributed by atoms with Gasteiger partial charge in [-0.3, -0.25) is 19.6 Å². The lowest BCUT2D eigenvalue weighted by atomic mass is 9.86. The summed E-state index contributed by atoms with van der Waals surface area (Å²) < 4.78 is 24.3. The molecule has 1 aromatic heterocycles. The summed E-state index contributed by atoms with van der Waals surface area (Å²) in [5, 5.41) is 14.9. The highest BCUT2D eigenvalue weighted by Gasteiger charge is 2.40. The van der Waals surface area contributed by atoms with Crippen molar-refractivity contribution < 1.29 is 18.6 Å². The Morgan fingerprint density at radius 1 is 1.48 bits per heavy atom. The fourth-order valence-corrected chi connectivity index (χ4v) is 3.08. The molecule has 3 rings (SSSR count). The van der Waals surface area contributed by atoms with Gasteiger partial charge in [0.05, 0.1) is 24.2 Å². The molecule has 0 bridgehead atoms. The van der Waals surface area contributed by atoms with Gasteiger partial charge in [0, 0.05) is 18.0 Å². The van der Waals surface area contributed by atoms with Crippen LogP contribution in [0, 0.1) is 21.3 Å². The number of ether oxygens (including phenoxy) is 1. The molecule has 1 saturated heterocycles. The molecule has 0 aliphatic carbocycles. The Labute approximate surface area is 141 Å². The summed E-state index contributed by atoms with van der Waals surface area (Å²) in [7, 11) is 1.65. The largest absolute Gasteiger partial charge is 0.439 e. The Morgan fingerprint density at radius 2 is 2.20 bits per heavy atom. The first-order valence-electron chi connectivity index (χ1n) is 7.55. The van der Waals surface area contributed by atoms with E-state index in [0.717, 1.165) is 6.07 Å². The molecule has 0 spiro atoms. The van der Waals surface area contributed by atoms with Crippen molar-refractivity contribution in [3.05, 3.63) is 38.6 Å². The minimum absolute atomic E-state index is 0.00428. The molecular formula is C15H17FN4O5. The van der Waals surface area contributed by atoms with Crippen molar-refractivity contribution in [2.24, 2.45) is 5.41 Å². The first-order chi connectivity index (χ1) is 11.7. The summed E-state index contributed by atoms with van der Waals surface area (Å²) in [6.07, 6.45) is 0. The van der Waals surface area contributed by atoms with E-state index in [1.165, 1.54) is 6.07 Å². The van der Waals surface area contributed by atoms with Crippen LogP contribution in [0.3, 0.4) is 0 Å². The number of likely N-dealkylation sites (N-methyl/N-ethyl adjacent to an activating group) is 1. The van der Waals surface area contributed by atoms with Gasteiger partial charge in [0.25, 0.3) is 0 Å². The number of H-pyrrole nitrogens is 1. The van der Waals surface area contributed by atoms with Gasteiger partial charge < -0.3 is 9.64 Å². The van der Waals surface area contributed by atoms with Gasteiger partial charge in [-0.1, -0.05) is 19.0 Å². The van der Waals surface area contributed by atoms with Crippen LogP contribution in [0.5, 0.6) is 0 Å². The molecule has 0 saturated carbocycles. The van der Waals surface area contributed by atoms with Gasteiger partial charge in [-0.25, -0.2) is 4.79 Å². The van der Waals surface area contributed by atoms with Crippen LogP contribution in [0.1, 0.15) is 13.8 Å². The summed E-state index contributed by atoms with van der Waals surface area (Å²) in [5.74, 6) is -1.82. The zero-order valence-corrected chi connectivity index (χ0v) is 13.9. The molecule has 2 heterocycles. The molecular weight excluding hydrogens is 335 g/mol. The Morgan fingerprint density at radius 3 is 2.72 bits per heavy atom. The second-order valence-electron chi connectivity index (χ2n) is 6.66. The summed E-state index contributed by atoms with van der Waals surface area (Å²) in [6.45, 7) is 4.81. The minimum atomic E-state index is -1.02. The highest BCUT2D eigenvalue weighted by molar-refractivity contribution is 5.72. The number of aromatic nitrogens is 2. The van der Waals surface area contributed by atoms with E-state index in [1.54, 1.807) is 11.9 Å². The predicted octanol–water partition coefficient (Wildman–Crippen LogP) is 1.94. The Hall–Kier alpha value is -2.75. The quantitative estimate of drug-likeness (QED) is 0.660. The number of nitrogens with zero attached hydrogens (tertiary/aromatic N) is 3. The molecule has 0 amide bonds. The first-order valence-corrected chi connectivity index (χ1v) is 7.55. The predicted molar refractivity (Wildman–Crippen MR) is 86.0 cm³/mol. The SMILES string of the molecule is CN(c1cc(-c2noc(=O)[nH]2)cc(F)c1[N+](=O)[O-])C1COCC1(C)C. The number of rotatable bonds is 4. The van der Waals surface area contributed by atoms with E-state index in [1.807, 2.05) is 13.8 Å². The first kappa shape index (κ1) is 17.1. The third-order valence-electron chi connectivity index (χ3n) is 4.44. The Kier molecular flexibility index (Phi) is 4.07. The molecule has 1 aliphatic rings. The van der Waals surface area contributed by atoms with Gasteiger partial charge in [-0.2, -0.15) is 4.39 Å². The standard InChI is InChI=1S/C15H17FN4O5/c1-15(2)7-24-6-11(15)19(3)10-5-8(13-17-14(21)25-18-13)4-9(16)12(10)20(22)23/h4-5,11H,6-7H2,1-3H3,(H,17,18,21). The summed E-state index contributed by atoms with van der Waals surface area (Å²) >= 11 is 0. The van der Waals surface area contributed by atoms with E-state index in [4.69, 9.17) is 4.74 Å². The maximum absolute atomic E-state index is 14.4. The minimum Gasteiger partial charge on any atom is -0.379 e. The van der Waals surface area contributed by atoms with Crippen molar-refractivity contribution in [2.75, 3.05) is 25.2 Å². The Balaban J connectivity index is 2.14. The average Bonchev–Trinajstić information content (AvgIpc) is 3.10. The zero-order chi connectivity index (χ0) is 18.4. The second-order valence-corrected chi connectivity index (χ2v) is 6.66. The lowest BCUT2D eigenvalue weighted by Crippen LogP contribution is -2.42. The van der Waals surface area contributed by atoms with Gasteiger partial charge in [-0.05, 0) is 12.1 Å². The second kappa shape index (κ2) is 5.96. The number of hydrogen-bond acceptors (Lipinski definition) is 7. The molecule has 1 aliphatic heterocycles. The fraction of sp³-hybridized carbons (Fsp3) is 0.467. The molecule has 1 atom stereocenters. The number of anilines is 1. The van der Waals surface area contributed by atoms with E-state index in [2.05, 4.69) is 14.7 Å². The highest BCUT2D eigenvalue weighted by atomic mass is 19.1. The van der Waals surface area contributed by atoms with Crippen LogP contribution >= 0.6 is 0 Å². The monoisotopic (exact) mass is 352 g/mol. The van der Waals surface area contributed by atoms with Gasteiger partial charge >= 0.3 is 11.4 Å². The van der Waals surface area contributed by atoms with Gasteiger partial charge in [-0.15, -0.1) is 0 Å². The smallest absolute Gasteiger partial charge is 0.379 e. The molecule has 10 heteroatoms. The summed E-state index contributed by atoms with van der Waals surface area (Å²) in [5.41, 5.74) is -0.656. The van der Waals surface area contributed by atoms with Gasteiger partial charge in [0.15, 0.2) is 5.82 Å². The van der Waals surface area contributed by atoms with Gasteiger partial charge in [0.1, 0.15) is 5.69 Å². The molecule has 1 aromatic carbocycles. The molecule has 1 N–H and O–H groups in total. The molecule has 0 radical (unpaired) electrons. The van der Waals surface area contributed by atoms with Crippen LogP contribution in [0.4, 0.5) is 15.8 Å². The van der Waals surface area contributed by atoms with Crippen molar-refractivity contribution >= 4 is 11.4 Å². The molecule has 9 nitrogen and oxygen atoms in total. The lowest BCUT2D eigenvalue weighted by molar-refractivity contribution is -0.386. The van der Waals surface area contributed by atoms with Crippen LogP contribution in [-0.2, 0) is 4.74 Å². The topological polar surface area (TPSA) is 115 Å². The fourth-order valence-electron chi connectivity index (χ4n) is 3.08. The lowest BCUT2D eigenvalue weighted by Gasteiger charge is -2.34. The Bertz CT molecular complexity index is 875. The van der Waals surface area contributed by atoms with E-state index in [9.17, 15) is 19.3 Å². The number of nitrogens with one attached hydrogen (secondary N) is 1. The number of halogens is 1. The van der Waals surface area contributed by atoms with Crippen molar-refractivity contribution in [3.8, 4) is 11.4 Å². The van der Waals surface area contributed by atoms with Crippen LogP contribution < -0.4 is 10.7 Å². The number of hydrogen-bond donors (Lipinski definition) is 1. The molecule has 134 valence electrons. The zero-order valence-electron chi connectivity index (χ0n) is 13.9. The normalized spacial score (nSPS) is 19.1. The highest BCUT2D eigenvalue weighted by Crippen LogP contribution is 2.40. The summed E-state index contributed by atoms with van der Waals surface area (Å²) in [6, 6.07) is 2.17. The number of benzene rings is 1. The third-order valence-corrected chi connectivity index (χ3v) is 4.44. The number of nitro groups is 1. The van der Waals surface area contributed by atoms with Gasteiger partial charge in [0.2, 0.25) is 5.82 Å². The molecule has 25 heavy (non-hydrogen) atoms. The molecule has 2 aromatic rings. The van der Waals surface area contributed by atoms with Crippen molar-refractivity contribution in [1.29, 1.82) is 0 Å².